The summed E-state index contributed by atoms with van der Waals surface area (Å²) in [6.45, 7) is 4.80. The topological polar surface area (TPSA) is 83.6 Å². The number of halogens is 3. The number of carbonyl (C=O) groups excluding carboxylic acids is 1. The van der Waals surface area contributed by atoms with Gasteiger partial charge in [-0.2, -0.15) is 13.2 Å². The van der Waals surface area contributed by atoms with E-state index in [0.717, 1.165) is 16.4 Å². The number of hydrogen-bond acceptors (Lipinski definition) is 2. The van der Waals surface area contributed by atoms with E-state index in [1.807, 2.05) is 0 Å². The predicted octanol–water partition coefficient (Wildman–Crippen LogP) is 2.55. The fourth-order valence-corrected chi connectivity index (χ4v) is 2.58. The zero-order chi connectivity index (χ0) is 16.6. The van der Waals surface area contributed by atoms with Crippen LogP contribution < -0.4 is 10.0 Å². The fourth-order valence-electron chi connectivity index (χ4n) is 1.82. The van der Waals surface area contributed by atoms with E-state index in [0.29, 0.717) is 6.07 Å². The van der Waals surface area contributed by atoms with Gasteiger partial charge in [-0.15, -0.1) is 0 Å². The molecule has 0 saturated heterocycles. The Hall–Kier alpha value is -1.61. The van der Waals surface area contributed by atoms with Gasteiger partial charge in [0.2, 0.25) is 5.91 Å². The Labute approximate surface area is 122 Å². The molecule has 0 saturated carbocycles. The van der Waals surface area contributed by atoms with E-state index in [2.05, 4.69) is 0 Å². The summed E-state index contributed by atoms with van der Waals surface area (Å²) in [6.07, 6.45) is -4.74. The van der Waals surface area contributed by atoms with Crippen molar-refractivity contribution in [2.24, 2.45) is 5.73 Å². The van der Waals surface area contributed by atoms with E-state index in [-0.39, 0.29) is 5.69 Å². The van der Waals surface area contributed by atoms with Crippen LogP contribution in [0.15, 0.2) is 18.2 Å². The number of alkyl halides is 3. The number of nitrogens with zero attached hydrogens (tertiary/aromatic N) is 1. The second-order valence-electron chi connectivity index (χ2n) is 5.29. The molecule has 0 spiro atoms. The Morgan fingerprint density at radius 3 is 2.14 bits per heavy atom. The molecular formula is C12H15F3N2O3S. The van der Waals surface area contributed by atoms with Crippen molar-refractivity contribution >= 4 is 22.9 Å². The molecule has 1 aromatic carbocycles. The Kier molecular flexibility index (Phi) is 4.69. The van der Waals surface area contributed by atoms with Gasteiger partial charge in [-0.25, -0.2) is 4.21 Å². The van der Waals surface area contributed by atoms with Crippen LogP contribution in [0.1, 0.15) is 36.7 Å². The molecule has 3 N–H and O–H groups in total. The second kappa shape index (κ2) is 5.64. The Bertz CT molecular complexity index is 582. The van der Waals surface area contributed by atoms with Gasteiger partial charge in [0.25, 0.3) is 11.3 Å². The molecule has 1 aromatic rings. The van der Waals surface area contributed by atoms with Gasteiger partial charge in [-0.3, -0.25) is 13.7 Å². The van der Waals surface area contributed by atoms with Crippen molar-refractivity contribution in [3.05, 3.63) is 29.3 Å². The summed E-state index contributed by atoms with van der Waals surface area (Å²) in [5, 5.41) is 0. The molecule has 0 radical (unpaired) electrons. The fraction of sp³-hybridized carbons (Fsp3) is 0.417. The molecule has 9 heteroatoms. The maximum Gasteiger partial charge on any atom is 0.417 e. The van der Waals surface area contributed by atoms with Gasteiger partial charge in [0.1, 0.15) is 0 Å². The number of rotatable bonds is 3. The van der Waals surface area contributed by atoms with Crippen LogP contribution in [0.3, 0.4) is 0 Å². The Morgan fingerprint density at radius 2 is 1.81 bits per heavy atom. The first-order chi connectivity index (χ1) is 9.35. The number of anilines is 1. The van der Waals surface area contributed by atoms with Crippen molar-refractivity contribution in [1.82, 2.24) is 0 Å². The molecular weight excluding hydrogens is 309 g/mol. The van der Waals surface area contributed by atoms with E-state index in [4.69, 9.17) is 5.73 Å². The number of primary amides is 1. The van der Waals surface area contributed by atoms with Crippen molar-refractivity contribution in [3.8, 4) is 0 Å². The van der Waals surface area contributed by atoms with E-state index in [1.165, 1.54) is 0 Å². The molecule has 0 fully saturated rings. The molecule has 21 heavy (non-hydrogen) atoms. The molecule has 1 rings (SSSR count). The first-order valence-electron chi connectivity index (χ1n) is 5.78. The molecule has 1 unspecified atom stereocenters. The SMILES string of the molecule is CC(C)(C)N(c1ccc(C(F)(F)F)c(C(N)=O)c1)S(=O)O. The first kappa shape index (κ1) is 17.4. The highest BCUT2D eigenvalue weighted by atomic mass is 32.2. The molecule has 0 aliphatic heterocycles. The number of hydrogen-bond donors (Lipinski definition) is 2. The predicted molar refractivity (Wildman–Crippen MR) is 73.0 cm³/mol. The van der Waals surface area contributed by atoms with Crippen molar-refractivity contribution < 1.29 is 26.7 Å². The third-order valence-electron chi connectivity index (χ3n) is 2.57. The summed E-state index contributed by atoms with van der Waals surface area (Å²) in [4.78, 5) is 11.2. The van der Waals surface area contributed by atoms with Gasteiger partial charge in [-0.1, -0.05) is 0 Å². The summed E-state index contributed by atoms with van der Waals surface area (Å²) in [6, 6.07) is 2.56. The zero-order valence-electron chi connectivity index (χ0n) is 11.6. The van der Waals surface area contributed by atoms with Crippen molar-refractivity contribution in [1.29, 1.82) is 0 Å². The van der Waals surface area contributed by atoms with Crippen LogP contribution in [0.4, 0.5) is 18.9 Å². The maximum absolute atomic E-state index is 12.8. The molecule has 1 amide bonds. The Balaban J connectivity index is 3.51. The van der Waals surface area contributed by atoms with E-state index >= 15 is 0 Å². The molecule has 0 heterocycles. The zero-order valence-corrected chi connectivity index (χ0v) is 12.4. The molecule has 0 aromatic heterocycles. The normalized spacial score (nSPS) is 13.9. The number of benzene rings is 1. The summed E-state index contributed by atoms with van der Waals surface area (Å²) in [7, 11) is 0. The van der Waals surface area contributed by atoms with Gasteiger partial charge < -0.3 is 5.73 Å². The summed E-state index contributed by atoms with van der Waals surface area (Å²) < 4.78 is 60.1. The monoisotopic (exact) mass is 324 g/mol. The van der Waals surface area contributed by atoms with Crippen LogP contribution >= 0.6 is 0 Å². The average molecular weight is 324 g/mol. The molecule has 0 aliphatic carbocycles. The van der Waals surface area contributed by atoms with Crippen molar-refractivity contribution in [3.63, 3.8) is 0 Å². The smallest absolute Gasteiger partial charge is 0.366 e. The third kappa shape index (κ3) is 3.94. The maximum atomic E-state index is 12.8. The highest BCUT2D eigenvalue weighted by Crippen LogP contribution is 2.35. The van der Waals surface area contributed by atoms with E-state index < -0.39 is 40.0 Å². The molecule has 0 bridgehead atoms. The number of nitrogens with two attached hydrogens (primary N) is 1. The van der Waals surface area contributed by atoms with Crippen LogP contribution in [0.5, 0.6) is 0 Å². The number of amides is 1. The van der Waals surface area contributed by atoms with Crippen molar-refractivity contribution in [2.45, 2.75) is 32.5 Å². The van der Waals surface area contributed by atoms with Crippen LogP contribution in [0, 0.1) is 0 Å². The van der Waals surface area contributed by atoms with Crippen molar-refractivity contribution in [2.75, 3.05) is 4.31 Å². The average Bonchev–Trinajstić information content (AvgIpc) is 2.24. The molecule has 0 aliphatic rings. The van der Waals surface area contributed by atoms with Crippen LogP contribution in [0.25, 0.3) is 0 Å². The number of carbonyl (C=O) groups is 1. The summed E-state index contributed by atoms with van der Waals surface area (Å²) in [5.41, 5.74) is 2.17. The third-order valence-corrected chi connectivity index (χ3v) is 3.64. The lowest BCUT2D eigenvalue weighted by molar-refractivity contribution is -0.137. The highest BCUT2D eigenvalue weighted by molar-refractivity contribution is 7.80. The lowest BCUT2D eigenvalue weighted by Gasteiger charge is -2.33. The van der Waals surface area contributed by atoms with Crippen LogP contribution in [0.2, 0.25) is 0 Å². The Morgan fingerprint density at radius 1 is 1.29 bits per heavy atom. The quantitative estimate of drug-likeness (QED) is 0.838. The standard InChI is InChI=1S/C12H15F3N2O3S/c1-11(2,3)17(21(19)20)7-4-5-9(12(13,14)15)8(6-7)10(16)18/h4-6H,1-3H3,(H2,16,18)(H,19,20). The minimum absolute atomic E-state index is 0.00914. The first-order valence-corrected chi connectivity index (χ1v) is 6.84. The van der Waals surface area contributed by atoms with Gasteiger partial charge >= 0.3 is 6.18 Å². The molecule has 1 atom stereocenters. The van der Waals surface area contributed by atoms with E-state index in [1.54, 1.807) is 20.8 Å². The van der Waals surface area contributed by atoms with Gasteiger partial charge in [0.15, 0.2) is 0 Å². The summed E-state index contributed by atoms with van der Waals surface area (Å²) in [5.74, 6) is -1.26. The lowest BCUT2D eigenvalue weighted by atomic mass is 10.0. The minimum atomic E-state index is -4.74. The van der Waals surface area contributed by atoms with Crippen LogP contribution in [-0.4, -0.2) is 20.2 Å². The van der Waals surface area contributed by atoms with E-state index in [9.17, 15) is 26.7 Å². The second-order valence-corrected chi connectivity index (χ2v) is 6.11. The largest absolute Gasteiger partial charge is 0.417 e. The lowest BCUT2D eigenvalue weighted by Crippen LogP contribution is -2.42. The molecule has 118 valence electrons. The molecule has 5 nitrogen and oxygen atoms in total. The van der Waals surface area contributed by atoms with Gasteiger partial charge in [-0.05, 0) is 39.0 Å². The van der Waals surface area contributed by atoms with Gasteiger partial charge in [0.05, 0.1) is 16.8 Å². The highest BCUT2D eigenvalue weighted by Gasteiger charge is 2.36. The van der Waals surface area contributed by atoms with Gasteiger partial charge in [0, 0.05) is 5.54 Å². The minimum Gasteiger partial charge on any atom is -0.366 e. The van der Waals surface area contributed by atoms with Crippen LogP contribution in [-0.2, 0) is 17.4 Å². The summed E-state index contributed by atoms with van der Waals surface area (Å²) >= 11 is -2.47.